The molecule has 2 heterocycles. The van der Waals surface area contributed by atoms with Gasteiger partial charge >= 0.3 is 0 Å². The number of hydrogen-bond acceptors (Lipinski definition) is 4. The van der Waals surface area contributed by atoms with E-state index >= 15 is 0 Å². The van der Waals surface area contributed by atoms with E-state index in [0.717, 1.165) is 6.42 Å². The minimum atomic E-state index is -0.839. The van der Waals surface area contributed by atoms with Gasteiger partial charge in [-0.2, -0.15) is 0 Å². The number of β-amino-alcohol motifs (C(OH)–C–C–N with tert-alkyl or cyclic N) is 1. The van der Waals surface area contributed by atoms with Gasteiger partial charge in [0.2, 0.25) is 5.91 Å². The zero-order valence-corrected chi connectivity index (χ0v) is 12.0. The van der Waals surface area contributed by atoms with Crippen LogP contribution in [0.1, 0.15) is 33.6 Å². The maximum Gasteiger partial charge on any atom is 0.243 e. The Hall–Kier alpha value is -0.650. The van der Waals surface area contributed by atoms with E-state index in [2.05, 4.69) is 0 Å². The lowest BCUT2D eigenvalue weighted by Gasteiger charge is -2.61. The van der Waals surface area contributed by atoms with Crippen molar-refractivity contribution >= 4 is 5.91 Å². The Labute approximate surface area is 114 Å². The van der Waals surface area contributed by atoms with Crippen molar-refractivity contribution in [1.82, 2.24) is 4.90 Å². The first-order valence-electron chi connectivity index (χ1n) is 7.12. The lowest BCUT2D eigenvalue weighted by molar-refractivity contribution is -0.184. The lowest BCUT2D eigenvalue weighted by Crippen LogP contribution is -2.80. The average molecular weight is 268 g/mol. The standard InChI is InChI=1S/C14H24N2O3/c1-12(2)10-9(4-7-19-10)14(12,15)11(17)16-6-5-13(3,18)8-16/h9-10,18H,4-8,15H2,1-3H3. The molecular weight excluding hydrogens is 244 g/mol. The first-order valence-corrected chi connectivity index (χ1v) is 7.12. The van der Waals surface area contributed by atoms with Crippen LogP contribution in [0, 0.1) is 11.3 Å². The number of carbonyl (C=O) groups excluding carboxylic acids is 1. The van der Waals surface area contributed by atoms with Crippen molar-refractivity contribution in [2.75, 3.05) is 19.7 Å². The Morgan fingerprint density at radius 1 is 1.42 bits per heavy atom. The van der Waals surface area contributed by atoms with Gasteiger partial charge in [-0.1, -0.05) is 13.8 Å². The summed E-state index contributed by atoms with van der Waals surface area (Å²) in [5.41, 5.74) is 4.58. The first-order chi connectivity index (χ1) is 8.70. The van der Waals surface area contributed by atoms with Crippen LogP contribution in [0.5, 0.6) is 0 Å². The molecule has 0 aromatic rings. The number of aliphatic hydroxyl groups is 1. The smallest absolute Gasteiger partial charge is 0.243 e. The fourth-order valence-electron chi connectivity index (χ4n) is 4.20. The fourth-order valence-corrected chi connectivity index (χ4v) is 4.20. The predicted octanol–water partition coefficient (Wildman–Crippen LogP) is 0.112. The molecule has 2 aliphatic heterocycles. The van der Waals surface area contributed by atoms with Gasteiger partial charge in [0.25, 0.3) is 0 Å². The van der Waals surface area contributed by atoms with Gasteiger partial charge < -0.3 is 20.5 Å². The summed E-state index contributed by atoms with van der Waals surface area (Å²) < 4.78 is 5.72. The highest BCUT2D eigenvalue weighted by molar-refractivity contribution is 5.90. The monoisotopic (exact) mass is 268 g/mol. The predicted molar refractivity (Wildman–Crippen MR) is 70.4 cm³/mol. The van der Waals surface area contributed by atoms with Gasteiger partial charge in [0.05, 0.1) is 11.7 Å². The van der Waals surface area contributed by atoms with Gasteiger partial charge in [0.15, 0.2) is 0 Å². The molecule has 3 fully saturated rings. The maximum absolute atomic E-state index is 12.8. The van der Waals surface area contributed by atoms with Gasteiger partial charge in [0, 0.05) is 31.0 Å². The molecule has 5 nitrogen and oxygen atoms in total. The summed E-state index contributed by atoms with van der Waals surface area (Å²) in [6.07, 6.45) is 1.59. The Balaban J connectivity index is 1.83. The van der Waals surface area contributed by atoms with Gasteiger partial charge in [-0.05, 0) is 19.8 Å². The number of nitrogens with zero attached hydrogens (tertiary/aromatic N) is 1. The van der Waals surface area contributed by atoms with Crippen LogP contribution in [-0.4, -0.2) is 52.9 Å². The molecule has 5 heteroatoms. The summed E-state index contributed by atoms with van der Waals surface area (Å²) in [4.78, 5) is 14.6. The highest BCUT2D eigenvalue weighted by atomic mass is 16.5. The second kappa shape index (κ2) is 3.71. The number of ether oxygens (including phenoxy) is 1. The van der Waals surface area contributed by atoms with E-state index in [-0.39, 0.29) is 23.3 Å². The second-order valence-electron chi connectivity index (χ2n) is 7.25. The Kier molecular flexibility index (Phi) is 2.61. The van der Waals surface area contributed by atoms with Gasteiger partial charge in [-0.25, -0.2) is 0 Å². The van der Waals surface area contributed by atoms with Crippen LogP contribution in [0.25, 0.3) is 0 Å². The van der Waals surface area contributed by atoms with Gasteiger partial charge in [-0.15, -0.1) is 0 Å². The molecule has 108 valence electrons. The Morgan fingerprint density at radius 3 is 2.68 bits per heavy atom. The van der Waals surface area contributed by atoms with Crippen LogP contribution >= 0.6 is 0 Å². The Morgan fingerprint density at radius 2 is 2.11 bits per heavy atom. The SMILES string of the molecule is CC1(O)CCN(C(=O)C2(N)C3CCOC3C2(C)C)C1. The second-order valence-corrected chi connectivity index (χ2v) is 7.25. The average Bonchev–Trinajstić information content (AvgIpc) is 2.92. The summed E-state index contributed by atoms with van der Waals surface area (Å²) in [5, 5.41) is 10.0. The normalized spacial score (nSPS) is 47.9. The summed E-state index contributed by atoms with van der Waals surface area (Å²) >= 11 is 0. The molecule has 4 atom stereocenters. The number of fused-ring (bicyclic) bond motifs is 1. The van der Waals surface area contributed by atoms with Crippen LogP contribution in [0.4, 0.5) is 0 Å². The summed E-state index contributed by atoms with van der Waals surface area (Å²) in [6.45, 7) is 7.50. The number of hydrogen-bond donors (Lipinski definition) is 2. The maximum atomic E-state index is 12.8. The van der Waals surface area contributed by atoms with Gasteiger partial charge in [0.1, 0.15) is 5.54 Å². The molecule has 0 aromatic carbocycles. The zero-order chi connectivity index (χ0) is 14.1. The van der Waals surface area contributed by atoms with Crippen molar-refractivity contribution in [1.29, 1.82) is 0 Å². The van der Waals surface area contributed by atoms with Crippen molar-refractivity contribution in [3.05, 3.63) is 0 Å². The van der Waals surface area contributed by atoms with Crippen molar-refractivity contribution < 1.29 is 14.6 Å². The van der Waals surface area contributed by atoms with Crippen LogP contribution in [0.15, 0.2) is 0 Å². The summed E-state index contributed by atoms with van der Waals surface area (Å²) in [5.74, 6) is 0.113. The largest absolute Gasteiger partial charge is 0.388 e. The van der Waals surface area contributed by atoms with Gasteiger partial charge in [-0.3, -0.25) is 4.79 Å². The van der Waals surface area contributed by atoms with Crippen LogP contribution in [0.3, 0.4) is 0 Å². The van der Waals surface area contributed by atoms with Crippen molar-refractivity contribution in [3.63, 3.8) is 0 Å². The topological polar surface area (TPSA) is 75.8 Å². The van der Waals surface area contributed by atoms with E-state index in [0.29, 0.717) is 26.1 Å². The zero-order valence-electron chi connectivity index (χ0n) is 12.0. The number of nitrogens with two attached hydrogens (primary N) is 1. The van der Waals surface area contributed by atoms with E-state index < -0.39 is 11.1 Å². The molecule has 1 amide bonds. The van der Waals surface area contributed by atoms with Crippen molar-refractivity contribution in [2.24, 2.45) is 17.1 Å². The number of likely N-dealkylation sites (tertiary alicyclic amines) is 1. The number of carbonyl (C=O) groups is 1. The molecule has 0 spiro atoms. The van der Waals surface area contributed by atoms with Crippen LogP contribution < -0.4 is 5.73 Å². The third-order valence-electron chi connectivity index (χ3n) is 5.55. The quantitative estimate of drug-likeness (QED) is 0.708. The van der Waals surface area contributed by atoms with E-state index in [9.17, 15) is 9.90 Å². The van der Waals surface area contributed by atoms with Crippen LogP contribution in [0.2, 0.25) is 0 Å². The molecule has 1 saturated carbocycles. The molecule has 2 saturated heterocycles. The van der Waals surface area contributed by atoms with Crippen molar-refractivity contribution in [2.45, 2.75) is 50.9 Å². The fraction of sp³-hybridized carbons (Fsp3) is 0.929. The van der Waals surface area contributed by atoms with E-state index in [1.807, 2.05) is 13.8 Å². The van der Waals surface area contributed by atoms with E-state index in [1.165, 1.54) is 0 Å². The third-order valence-corrected chi connectivity index (χ3v) is 5.55. The minimum absolute atomic E-state index is 0.0120. The Bertz CT molecular complexity index is 421. The summed E-state index contributed by atoms with van der Waals surface area (Å²) in [7, 11) is 0. The molecular formula is C14H24N2O3. The molecule has 0 aromatic heterocycles. The first kappa shape index (κ1) is 13.3. The highest BCUT2D eigenvalue weighted by Gasteiger charge is 2.72. The minimum Gasteiger partial charge on any atom is -0.388 e. The summed E-state index contributed by atoms with van der Waals surface area (Å²) in [6, 6.07) is 0. The molecule has 0 bridgehead atoms. The van der Waals surface area contributed by atoms with E-state index in [1.54, 1.807) is 11.8 Å². The molecule has 1 aliphatic carbocycles. The van der Waals surface area contributed by atoms with Crippen LogP contribution in [-0.2, 0) is 9.53 Å². The highest BCUT2D eigenvalue weighted by Crippen LogP contribution is 2.58. The van der Waals surface area contributed by atoms with E-state index in [4.69, 9.17) is 10.5 Å². The van der Waals surface area contributed by atoms with Crippen molar-refractivity contribution in [3.8, 4) is 0 Å². The number of rotatable bonds is 1. The molecule has 4 unspecified atom stereocenters. The molecule has 3 N–H and O–H groups in total. The third kappa shape index (κ3) is 1.55. The molecule has 19 heavy (non-hydrogen) atoms. The number of amides is 1. The molecule has 3 rings (SSSR count). The lowest BCUT2D eigenvalue weighted by atomic mass is 9.47. The molecule has 0 radical (unpaired) electrons. The molecule has 3 aliphatic rings.